The summed E-state index contributed by atoms with van der Waals surface area (Å²) >= 11 is 6.14. The monoisotopic (exact) mass is 374 g/mol. The van der Waals surface area contributed by atoms with Crippen molar-refractivity contribution in [2.24, 2.45) is 0 Å². The van der Waals surface area contributed by atoms with Crippen molar-refractivity contribution in [1.82, 2.24) is 19.6 Å². The van der Waals surface area contributed by atoms with Crippen molar-refractivity contribution < 1.29 is 4.79 Å². The number of nitrogens with zero attached hydrogens (tertiary/aromatic N) is 4. The van der Waals surface area contributed by atoms with Crippen LogP contribution in [0.2, 0.25) is 5.02 Å². The normalized spacial score (nSPS) is 16.5. The van der Waals surface area contributed by atoms with Crippen LogP contribution in [-0.4, -0.2) is 25.4 Å². The highest BCUT2D eigenvalue weighted by molar-refractivity contribution is 6.30. The number of aromatic nitrogens is 4. The molecule has 0 amide bonds. The molecule has 5 nitrogen and oxygen atoms in total. The summed E-state index contributed by atoms with van der Waals surface area (Å²) in [6.45, 7) is 0. The van der Waals surface area contributed by atoms with Gasteiger partial charge in [0.25, 0.3) is 5.78 Å². The topological polar surface area (TPSA) is 60.2 Å². The molecular formula is C21H15ClN4O. The molecule has 0 saturated heterocycles. The minimum Gasteiger partial charge on any atom is -0.294 e. The van der Waals surface area contributed by atoms with Crippen LogP contribution in [-0.2, 0) is 6.42 Å². The van der Waals surface area contributed by atoms with Crippen LogP contribution in [0.5, 0.6) is 0 Å². The van der Waals surface area contributed by atoms with Crippen LogP contribution >= 0.6 is 11.6 Å². The zero-order chi connectivity index (χ0) is 18.4. The standard InChI is InChI=1S/C21H15ClN4O/c22-16-8-4-7-14(9-16)15-10-18-17(19(27)11-15)12-23-21-24-20(25-26(18)21)13-5-2-1-3-6-13/h1-9,12,15H,10-11H2. The molecule has 0 radical (unpaired) electrons. The number of hydrogen-bond donors (Lipinski definition) is 0. The van der Waals surface area contributed by atoms with Crippen molar-refractivity contribution in [3.63, 3.8) is 0 Å². The van der Waals surface area contributed by atoms with Crippen LogP contribution in [0.4, 0.5) is 0 Å². The highest BCUT2D eigenvalue weighted by Crippen LogP contribution is 2.33. The summed E-state index contributed by atoms with van der Waals surface area (Å²) in [6, 6.07) is 17.5. The summed E-state index contributed by atoms with van der Waals surface area (Å²) in [5.74, 6) is 1.26. The molecule has 1 unspecified atom stereocenters. The predicted octanol–water partition coefficient (Wildman–Crippen LogP) is 4.36. The Morgan fingerprint density at radius 3 is 2.70 bits per heavy atom. The maximum atomic E-state index is 12.7. The molecule has 2 aromatic heterocycles. The Balaban J connectivity index is 1.62. The number of carbonyl (C=O) groups excluding carboxylic acids is 1. The van der Waals surface area contributed by atoms with Gasteiger partial charge < -0.3 is 0 Å². The molecule has 1 aliphatic rings. The first-order chi connectivity index (χ1) is 13.2. The fourth-order valence-corrected chi connectivity index (χ4v) is 3.85. The van der Waals surface area contributed by atoms with Crippen LogP contribution in [0.25, 0.3) is 17.2 Å². The number of halogens is 1. The van der Waals surface area contributed by atoms with Gasteiger partial charge in [-0.25, -0.2) is 4.98 Å². The molecule has 0 aliphatic heterocycles. The van der Waals surface area contributed by atoms with Crippen LogP contribution in [0.15, 0.2) is 60.8 Å². The van der Waals surface area contributed by atoms with Gasteiger partial charge in [-0.05, 0) is 30.0 Å². The molecule has 5 rings (SSSR count). The summed E-state index contributed by atoms with van der Waals surface area (Å²) in [5, 5.41) is 5.32. The van der Waals surface area contributed by atoms with Crippen molar-refractivity contribution in [3.05, 3.63) is 82.6 Å². The Bertz CT molecular complexity index is 1170. The van der Waals surface area contributed by atoms with Gasteiger partial charge in [0.15, 0.2) is 11.6 Å². The lowest BCUT2D eigenvalue weighted by Gasteiger charge is -2.24. The summed E-state index contributed by atoms with van der Waals surface area (Å²) in [6.07, 6.45) is 2.77. The van der Waals surface area contributed by atoms with Crippen molar-refractivity contribution in [1.29, 1.82) is 0 Å². The van der Waals surface area contributed by atoms with Crippen molar-refractivity contribution in [2.75, 3.05) is 0 Å². The lowest BCUT2D eigenvalue weighted by Crippen LogP contribution is -2.22. The van der Waals surface area contributed by atoms with Gasteiger partial charge in [-0.3, -0.25) is 4.79 Å². The van der Waals surface area contributed by atoms with Crippen molar-refractivity contribution in [2.45, 2.75) is 18.8 Å². The smallest absolute Gasteiger partial charge is 0.252 e. The molecule has 27 heavy (non-hydrogen) atoms. The molecule has 0 N–H and O–H groups in total. The Labute approximate surface area is 160 Å². The van der Waals surface area contributed by atoms with E-state index in [2.05, 4.69) is 15.1 Å². The first-order valence-electron chi connectivity index (χ1n) is 8.78. The molecule has 0 spiro atoms. The third-order valence-corrected chi connectivity index (χ3v) is 5.22. The van der Waals surface area contributed by atoms with Gasteiger partial charge in [0, 0.05) is 23.2 Å². The second kappa shape index (κ2) is 6.28. The van der Waals surface area contributed by atoms with E-state index in [4.69, 9.17) is 11.6 Å². The number of fused-ring (bicyclic) bond motifs is 3. The zero-order valence-corrected chi connectivity index (χ0v) is 15.1. The summed E-state index contributed by atoms with van der Waals surface area (Å²) < 4.78 is 1.71. The van der Waals surface area contributed by atoms with E-state index in [1.165, 1.54) is 0 Å². The van der Waals surface area contributed by atoms with Gasteiger partial charge in [0.1, 0.15) is 0 Å². The van der Waals surface area contributed by atoms with Gasteiger partial charge in [0.2, 0.25) is 0 Å². The van der Waals surface area contributed by atoms with Crippen molar-refractivity contribution >= 4 is 23.2 Å². The largest absolute Gasteiger partial charge is 0.294 e. The molecule has 6 heteroatoms. The molecule has 2 heterocycles. The van der Waals surface area contributed by atoms with E-state index >= 15 is 0 Å². The number of carbonyl (C=O) groups is 1. The maximum absolute atomic E-state index is 12.7. The predicted molar refractivity (Wildman–Crippen MR) is 103 cm³/mol. The average Bonchev–Trinajstić information content (AvgIpc) is 3.13. The molecule has 0 bridgehead atoms. The van der Waals surface area contributed by atoms with Crippen LogP contribution in [0.3, 0.4) is 0 Å². The fraction of sp³-hybridized carbons (Fsp3) is 0.143. The van der Waals surface area contributed by atoms with Gasteiger partial charge in [-0.1, -0.05) is 54.1 Å². The highest BCUT2D eigenvalue weighted by atomic mass is 35.5. The van der Waals surface area contributed by atoms with Crippen LogP contribution < -0.4 is 0 Å². The number of hydrogen-bond acceptors (Lipinski definition) is 4. The quantitative estimate of drug-likeness (QED) is 0.523. The maximum Gasteiger partial charge on any atom is 0.252 e. The Hall–Kier alpha value is -3.05. The minimum atomic E-state index is 0.0682. The van der Waals surface area contributed by atoms with Crippen molar-refractivity contribution in [3.8, 4) is 11.4 Å². The van der Waals surface area contributed by atoms with Crippen LogP contribution in [0.1, 0.15) is 34.0 Å². The number of benzene rings is 2. The summed E-state index contributed by atoms with van der Waals surface area (Å²) in [4.78, 5) is 21.6. The Morgan fingerprint density at radius 2 is 1.89 bits per heavy atom. The van der Waals surface area contributed by atoms with E-state index in [1.807, 2.05) is 54.6 Å². The highest BCUT2D eigenvalue weighted by Gasteiger charge is 2.29. The van der Waals surface area contributed by atoms with Crippen LogP contribution in [0, 0.1) is 0 Å². The SMILES string of the molecule is O=C1CC(c2cccc(Cl)c2)Cc2c1cnc1nc(-c3ccccc3)nn21. The van der Waals surface area contributed by atoms with E-state index in [0.717, 1.165) is 16.8 Å². The summed E-state index contributed by atoms with van der Waals surface area (Å²) in [5.41, 5.74) is 3.47. The lowest BCUT2D eigenvalue weighted by molar-refractivity contribution is 0.0962. The number of Topliss-reactive ketones (excluding diaryl/α,β-unsaturated/α-hetero) is 1. The van der Waals surface area contributed by atoms with Gasteiger partial charge in [-0.15, -0.1) is 5.10 Å². The second-order valence-corrected chi connectivity index (χ2v) is 7.15. The first kappa shape index (κ1) is 16.1. The van der Waals surface area contributed by atoms with Gasteiger partial charge in [0.05, 0.1) is 11.3 Å². The molecule has 132 valence electrons. The Morgan fingerprint density at radius 1 is 1.04 bits per heavy atom. The molecule has 1 atom stereocenters. The molecule has 4 aromatic rings. The average molecular weight is 375 g/mol. The number of ketones is 1. The third-order valence-electron chi connectivity index (χ3n) is 4.99. The summed E-state index contributed by atoms with van der Waals surface area (Å²) in [7, 11) is 0. The zero-order valence-electron chi connectivity index (χ0n) is 14.3. The van der Waals surface area contributed by atoms with E-state index in [9.17, 15) is 4.79 Å². The molecule has 2 aromatic carbocycles. The van der Waals surface area contributed by atoms with Gasteiger partial charge in [-0.2, -0.15) is 9.50 Å². The van der Waals surface area contributed by atoms with Gasteiger partial charge >= 0.3 is 0 Å². The second-order valence-electron chi connectivity index (χ2n) is 6.72. The first-order valence-corrected chi connectivity index (χ1v) is 9.15. The molecular weight excluding hydrogens is 360 g/mol. The third kappa shape index (κ3) is 2.80. The Kier molecular flexibility index (Phi) is 3.76. The molecule has 0 saturated carbocycles. The van der Waals surface area contributed by atoms with E-state index in [-0.39, 0.29) is 11.7 Å². The van der Waals surface area contributed by atoms with E-state index < -0.39 is 0 Å². The minimum absolute atomic E-state index is 0.0682. The van der Waals surface area contributed by atoms with E-state index in [1.54, 1.807) is 10.7 Å². The molecule has 0 fully saturated rings. The van der Waals surface area contributed by atoms with E-state index in [0.29, 0.717) is 35.0 Å². The fourth-order valence-electron chi connectivity index (χ4n) is 3.65. The number of rotatable bonds is 2. The molecule has 1 aliphatic carbocycles. The lowest BCUT2D eigenvalue weighted by atomic mass is 9.82.